The molecule has 2 rings (SSSR count). The highest BCUT2D eigenvalue weighted by Crippen LogP contribution is 2.24. The molecule has 1 atom stereocenters. The van der Waals surface area contributed by atoms with E-state index in [9.17, 15) is 26.4 Å². The molecular weight excluding hydrogens is 433 g/mol. The standard InChI is InChI=1S/C18H18ClF3N2O4S/c1-12(15-4-2-3-5-16(15)19)24-17(25)10-11-23-29(26,27)14-8-6-13(7-9-14)28-18(20,21)22/h2-9,12,23H,10-11H2,1H3,(H,24,25)/t12-/m0/s1. The summed E-state index contributed by atoms with van der Waals surface area (Å²) in [5.41, 5.74) is 0.726. The van der Waals surface area contributed by atoms with Crippen LogP contribution in [0.5, 0.6) is 5.75 Å². The molecule has 0 saturated heterocycles. The van der Waals surface area contributed by atoms with Crippen molar-refractivity contribution < 1.29 is 31.1 Å². The molecular formula is C18H18ClF3N2O4S. The molecule has 1 amide bonds. The highest BCUT2D eigenvalue weighted by atomic mass is 35.5. The Morgan fingerprint density at radius 2 is 1.76 bits per heavy atom. The highest BCUT2D eigenvalue weighted by Gasteiger charge is 2.31. The maximum Gasteiger partial charge on any atom is 0.573 e. The fraction of sp³-hybridized carbons (Fsp3) is 0.278. The molecule has 0 radical (unpaired) electrons. The van der Waals surface area contributed by atoms with Crippen molar-refractivity contribution in [2.45, 2.75) is 30.6 Å². The number of benzene rings is 2. The van der Waals surface area contributed by atoms with E-state index in [0.717, 1.165) is 29.8 Å². The summed E-state index contributed by atoms with van der Waals surface area (Å²) >= 11 is 6.07. The first kappa shape index (κ1) is 23.0. The molecule has 11 heteroatoms. The van der Waals surface area contributed by atoms with Crippen molar-refractivity contribution in [2.75, 3.05) is 6.54 Å². The fourth-order valence-electron chi connectivity index (χ4n) is 2.42. The minimum Gasteiger partial charge on any atom is -0.406 e. The minimum atomic E-state index is -4.87. The molecule has 6 nitrogen and oxygen atoms in total. The van der Waals surface area contributed by atoms with Gasteiger partial charge in [0.15, 0.2) is 0 Å². The van der Waals surface area contributed by atoms with E-state index in [2.05, 4.69) is 14.8 Å². The lowest BCUT2D eigenvalue weighted by Crippen LogP contribution is -2.32. The number of alkyl halides is 3. The van der Waals surface area contributed by atoms with Crippen molar-refractivity contribution in [3.8, 4) is 5.75 Å². The average Bonchev–Trinajstić information content (AvgIpc) is 2.61. The second kappa shape index (κ2) is 9.47. The van der Waals surface area contributed by atoms with E-state index < -0.39 is 28.0 Å². The molecule has 0 fully saturated rings. The van der Waals surface area contributed by atoms with Crippen LogP contribution in [0.4, 0.5) is 13.2 Å². The minimum absolute atomic E-state index is 0.136. The zero-order valence-corrected chi connectivity index (χ0v) is 16.7. The third-order valence-corrected chi connectivity index (χ3v) is 5.58. The van der Waals surface area contributed by atoms with Crippen molar-refractivity contribution in [1.82, 2.24) is 10.0 Å². The van der Waals surface area contributed by atoms with Crippen LogP contribution in [0.1, 0.15) is 24.9 Å². The molecule has 0 bridgehead atoms. The molecule has 29 heavy (non-hydrogen) atoms. The summed E-state index contributed by atoms with van der Waals surface area (Å²) in [7, 11) is -3.99. The Bertz CT molecular complexity index is 950. The van der Waals surface area contributed by atoms with Crippen LogP contribution >= 0.6 is 11.6 Å². The summed E-state index contributed by atoms with van der Waals surface area (Å²) in [6.07, 6.45) is -5.00. The maximum absolute atomic E-state index is 12.2. The van der Waals surface area contributed by atoms with E-state index in [0.29, 0.717) is 5.02 Å². The number of carbonyl (C=O) groups excluding carboxylic acids is 1. The summed E-state index contributed by atoms with van der Waals surface area (Å²) in [6, 6.07) is 10.4. The summed E-state index contributed by atoms with van der Waals surface area (Å²) in [5, 5.41) is 3.21. The Hall–Kier alpha value is -2.30. The summed E-state index contributed by atoms with van der Waals surface area (Å²) < 4.78 is 66.7. The second-order valence-electron chi connectivity index (χ2n) is 5.98. The van der Waals surface area contributed by atoms with Gasteiger partial charge in [0.2, 0.25) is 15.9 Å². The number of carbonyl (C=O) groups is 1. The van der Waals surface area contributed by atoms with E-state index in [1.807, 2.05) is 0 Å². The largest absolute Gasteiger partial charge is 0.573 e. The molecule has 2 N–H and O–H groups in total. The summed E-state index contributed by atoms with van der Waals surface area (Å²) in [5.74, 6) is -0.932. The van der Waals surface area contributed by atoms with Crippen molar-refractivity contribution in [3.05, 3.63) is 59.1 Å². The van der Waals surface area contributed by atoms with Gasteiger partial charge in [0.05, 0.1) is 10.9 Å². The van der Waals surface area contributed by atoms with Gasteiger partial charge in [0.1, 0.15) is 5.75 Å². The van der Waals surface area contributed by atoms with Gasteiger partial charge in [0, 0.05) is 18.0 Å². The number of ether oxygens (including phenoxy) is 1. The maximum atomic E-state index is 12.2. The van der Waals surface area contributed by atoms with Gasteiger partial charge in [-0.3, -0.25) is 4.79 Å². The molecule has 2 aromatic rings. The number of hydrogen-bond acceptors (Lipinski definition) is 4. The molecule has 0 aliphatic carbocycles. The Labute approximate surface area is 171 Å². The lowest BCUT2D eigenvalue weighted by atomic mass is 10.1. The number of hydrogen-bond donors (Lipinski definition) is 2. The first-order chi connectivity index (χ1) is 13.5. The predicted molar refractivity (Wildman–Crippen MR) is 101 cm³/mol. The van der Waals surface area contributed by atoms with Crippen molar-refractivity contribution in [2.24, 2.45) is 0 Å². The highest BCUT2D eigenvalue weighted by molar-refractivity contribution is 7.89. The van der Waals surface area contributed by atoms with Gasteiger partial charge in [-0.1, -0.05) is 29.8 Å². The number of amides is 1. The van der Waals surface area contributed by atoms with E-state index in [4.69, 9.17) is 11.6 Å². The van der Waals surface area contributed by atoms with Crippen molar-refractivity contribution in [1.29, 1.82) is 0 Å². The van der Waals surface area contributed by atoms with Crippen LogP contribution in [0.3, 0.4) is 0 Å². The van der Waals surface area contributed by atoms with Crippen molar-refractivity contribution >= 4 is 27.5 Å². The Balaban J connectivity index is 1.87. The number of nitrogens with one attached hydrogen (secondary N) is 2. The van der Waals surface area contributed by atoms with E-state index in [-0.39, 0.29) is 23.9 Å². The zero-order valence-electron chi connectivity index (χ0n) is 15.2. The van der Waals surface area contributed by atoms with Gasteiger partial charge in [-0.2, -0.15) is 0 Å². The Kier molecular flexibility index (Phi) is 7.50. The van der Waals surface area contributed by atoms with Gasteiger partial charge in [-0.15, -0.1) is 13.2 Å². The molecule has 0 aliphatic rings. The first-order valence-corrected chi connectivity index (χ1v) is 10.2. The molecule has 0 spiro atoms. The summed E-state index contributed by atoms with van der Waals surface area (Å²) in [6.45, 7) is 1.55. The van der Waals surface area contributed by atoms with Crippen molar-refractivity contribution in [3.63, 3.8) is 0 Å². The zero-order chi connectivity index (χ0) is 21.7. The smallest absolute Gasteiger partial charge is 0.406 e. The lowest BCUT2D eigenvalue weighted by molar-refractivity contribution is -0.274. The Morgan fingerprint density at radius 3 is 2.34 bits per heavy atom. The van der Waals surface area contributed by atoms with Crippen LogP contribution in [0.2, 0.25) is 5.02 Å². The molecule has 2 aromatic carbocycles. The Morgan fingerprint density at radius 1 is 1.14 bits per heavy atom. The SMILES string of the molecule is C[C@H](NC(=O)CCNS(=O)(=O)c1ccc(OC(F)(F)F)cc1)c1ccccc1Cl. The molecule has 0 unspecified atom stereocenters. The number of sulfonamides is 1. The first-order valence-electron chi connectivity index (χ1n) is 8.37. The third-order valence-electron chi connectivity index (χ3n) is 3.76. The van der Waals surface area contributed by atoms with E-state index in [1.165, 1.54) is 0 Å². The molecule has 0 saturated carbocycles. The lowest BCUT2D eigenvalue weighted by Gasteiger charge is -2.16. The van der Waals surface area contributed by atoms with Gasteiger partial charge in [0.25, 0.3) is 0 Å². The topological polar surface area (TPSA) is 84.5 Å². The van der Waals surface area contributed by atoms with Gasteiger partial charge < -0.3 is 10.1 Å². The van der Waals surface area contributed by atoms with E-state index in [1.54, 1.807) is 31.2 Å². The van der Waals surface area contributed by atoms with Crippen LogP contribution in [0, 0.1) is 0 Å². The predicted octanol–water partition coefficient (Wildman–Crippen LogP) is 3.78. The van der Waals surface area contributed by atoms with Crippen LogP contribution in [0.25, 0.3) is 0 Å². The quantitative estimate of drug-likeness (QED) is 0.641. The monoisotopic (exact) mass is 450 g/mol. The summed E-state index contributed by atoms with van der Waals surface area (Å²) in [4.78, 5) is 11.8. The molecule has 0 aromatic heterocycles. The molecule has 0 heterocycles. The number of halogens is 4. The van der Waals surface area contributed by atoms with Crippen LogP contribution in [-0.4, -0.2) is 27.2 Å². The van der Waals surface area contributed by atoms with Crippen LogP contribution < -0.4 is 14.8 Å². The number of rotatable bonds is 8. The van der Waals surface area contributed by atoms with Gasteiger partial charge in [-0.05, 0) is 42.8 Å². The second-order valence-corrected chi connectivity index (χ2v) is 8.15. The fourth-order valence-corrected chi connectivity index (χ4v) is 3.75. The normalized spacial score (nSPS) is 13.0. The molecule has 0 aliphatic heterocycles. The van der Waals surface area contributed by atoms with Gasteiger partial charge >= 0.3 is 6.36 Å². The third kappa shape index (κ3) is 7.22. The molecule has 158 valence electrons. The van der Waals surface area contributed by atoms with Crippen LogP contribution in [0.15, 0.2) is 53.4 Å². The van der Waals surface area contributed by atoms with E-state index >= 15 is 0 Å². The average molecular weight is 451 g/mol. The van der Waals surface area contributed by atoms with Gasteiger partial charge in [-0.25, -0.2) is 13.1 Å². The van der Waals surface area contributed by atoms with Crippen LogP contribution in [-0.2, 0) is 14.8 Å².